The third kappa shape index (κ3) is 2.83. The van der Waals surface area contributed by atoms with Crippen LogP contribution in [0.3, 0.4) is 0 Å². The van der Waals surface area contributed by atoms with Crippen LogP contribution in [-0.2, 0) is 16.0 Å². The maximum atomic E-state index is 12.3. The van der Waals surface area contributed by atoms with Gasteiger partial charge in [-0.2, -0.15) is 0 Å². The lowest BCUT2D eigenvalue weighted by Crippen LogP contribution is -2.55. The minimum Gasteiger partial charge on any atom is -0.479 e. The van der Waals surface area contributed by atoms with E-state index in [2.05, 4.69) is 10.3 Å². The molecule has 0 aromatic carbocycles. The summed E-state index contributed by atoms with van der Waals surface area (Å²) in [5.74, 6) is -1.44. The minimum absolute atomic E-state index is 0.00768. The second kappa shape index (κ2) is 5.88. The molecular weight excluding hydrogens is 280 g/mol. The summed E-state index contributed by atoms with van der Waals surface area (Å²) in [5, 5.41) is 12.8. The second-order valence-electron chi connectivity index (χ2n) is 4.92. The molecule has 1 aliphatic rings. The molecule has 2 N–H and O–H groups in total. The van der Waals surface area contributed by atoms with Crippen LogP contribution in [-0.4, -0.2) is 40.7 Å². The fraction of sp³-hybridized carbons (Fsp3) is 0.615. The molecule has 1 aliphatic heterocycles. The molecule has 2 rings (SSSR count). The van der Waals surface area contributed by atoms with Crippen LogP contribution in [0.2, 0.25) is 0 Å². The van der Waals surface area contributed by atoms with E-state index in [1.807, 2.05) is 6.92 Å². The molecule has 7 heteroatoms. The average molecular weight is 298 g/mol. The molecule has 1 amide bonds. The summed E-state index contributed by atoms with van der Waals surface area (Å²) >= 11 is 1.33. The molecule has 2 heterocycles. The molecule has 110 valence electrons. The maximum Gasteiger partial charge on any atom is 0.331 e. The molecule has 6 nitrogen and oxygen atoms in total. The van der Waals surface area contributed by atoms with Gasteiger partial charge in [-0.1, -0.05) is 6.92 Å². The molecule has 0 spiro atoms. The number of rotatable bonds is 5. The molecule has 1 aromatic rings. The highest BCUT2D eigenvalue weighted by molar-refractivity contribution is 7.13. The normalized spacial score (nSPS) is 21.9. The van der Waals surface area contributed by atoms with Gasteiger partial charge in [0.2, 0.25) is 0 Å². The monoisotopic (exact) mass is 298 g/mol. The summed E-state index contributed by atoms with van der Waals surface area (Å²) in [6, 6.07) is 0. The number of aliphatic carboxylic acids is 1. The Hall–Kier alpha value is -1.47. The SMILES string of the molecule is CCCc1nc(C)c(C(=O)NC2(C(=O)O)CCOC2)s1. The van der Waals surface area contributed by atoms with Gasteiger partial charge in [0.05, 0.1) is 17.3 Å². The van der Waals surface area contributed by atoms with Crippen LogP contribution in [0.5, 0.6) is 0 Å². The summed E-state index contributed by atoms with van der Waals surface area (Å²) in [6.07, 6.45) is 2.07. The summed E-state index contributed by atoms with van der Waals surface area (Å²) in [7, 11) is 0. The standard InChI is InChI=1S/C13H18N2O4S/c1-3-4-9-14-8(2)10(20-9)11(16)15-13(12(17)18)5-6-19-7-13/h3-7H2,1-2H3,(H,15,16)(H,17,18). The molecule has 0 saturated carbocycles. The van der Waals surface area contributed by atoms with Crippen LogP contribution in [0.25, 0.3) is 0 Å². The molecule has 1 aromatic heterocycles. The summed E-state index contributed by atoms with van der Waals surface area (Å²) in [6.45, 7) is 4.16. The number of hydrogen-bond donors (Lipinski definition) is 2. The average Bonchev–Trinajstić information content (AvgIpc) is 2.98. The van der Waals surface area contributed by atoms with E-state index in [1.165, 1.54) is 11.3 Å². The van der Waals surface area contributed by atoms with Crippen molar-refractivity contribution in [1.82, 2.24) is 10.3 Å². The Bertz CT molecular complexity index is 520. The van der Waals surface area contributed by atoms with Crippen LogP contribution in [0.15, 0.2) is 0 Å². The fourth-order valence-corrected chi connectivity index (χ4v) is 3.21. The number of carbonyl (C=O) groups excluding carboxylic acids is 1. The zero-order chi connectivity index (χ0) is 14.8. The van der Waals surface area contributed by atoms with Gasteiger partial charge >= 0.3 is 5.97 Å². The number of amides is 1. The number of nitrogens with zero attached hydrogens (tertiary/aromatic N) is 1. The number of thiazole rings is 1. The Balaban J connectivity index is 2.17. The van der Waals surface area contributed by atoms with Crippen LogP contribution in [0, 0.1) is 6.92 Å². The Morgan fingerprint density at radius 1 is 1.55 bits per heavy atom. The third-order valence-electron chi connectivity index (χ3n) is 3.29. The molecule has 1 atom stereocenters. The quantitative estimate of drug-likeness (QED) is 0.857. The van der Waals surface area contributed by atoms with Crippen LogP contribution in [0.1, 0.15) is 40.1 Å². The molecule has 0 radical (unpaired) electrons. The maximum absolute atomic E-state index is 12.3. The minimum atomic E-state index is -1.31. The zero-order valence-electron chi connectivity index (χ0n) is 11.6. The Morgan fingerprint density at radius 3 is 2.85 bits per heavy atom. The number of carbonyl (C=O) groups is 2. The lowest BCUT2D eigenvalue weighted by atomic mass is 9.99. The van der Waals surface area contributed by atoms with Crippen molar-refractivity contribution in [2.24, 2.45) is 0 Å². The first-order chi connectivity index (χ1) is 9.48. The van der Waals surface area contributed by atoms with E-state index in [-0.39, 0.29) is 18.9 Å². The molecule has 1 fully saturated rings. The molecule has 1 unspecified atom stereocenters. The van der Waals surface area contributed by atoms with Crippen molar-refractivity contribution in [1.29, 1.82) is 0 Å². The van der Waals surface area contributed by atoms with E-state index in [4.69, 9.17) is 4.74 Å². The number of carboxylic acids is 1. The topological polar surface area (TPSA) is 88.5 Å². The van der Waals surface area contributed by atoms with E-state index < -0.39 is 11.5 Å². The van der Waals surface area contributed by atoms with Crippen LogP contribution in [0.4, 0.5) is 0 Å². The van der Waals surface area contributed by atoms with Crippen LogP contribution < -0.4 is 5.32 Å². The Labute approximate surface area is 121 Å². The summed E-state index contributed by atoms with van der Waals surface area (Å²) in [5.41, 5.74) is -0.659. The first-order valence-electron chi connectivity index (χ1n) is 6.58. The molecule has 1 saturated heterocycles. The van der Waals surface area contributed by atoms with Crippen molar-refractivity contribution < 1.29 is 19.4 Å². The van der Waals surface area contributed by atoms with Gasteiger partial charge in [-0.25, -0.2) is 9.78 Å². The van der Waals surface area contributed by atoms with Gasteiger partial charge in [-0.15, -0.1) is 11.3 Å². The van der Waals surface area contributed by atoms with Crippen molar-refractivity contribution in [3.05, 3.63) is 15.6 Å². The van der Waals surface area contributed by atoms with Gasteiger partial charge in [0.1, 0.15) is 4.88 Å². The van der Waals surface area contributed by atoms with Gasteiger partial charge in [-0.05, 0) is 19.8 Å². The number of nitrogens with one attached hydrogen (secondary N) is 1. The highest BCUT2D eigenvalue weighted by atomic mass is 32.1. The highest BCUT2D eigenvalue weighted by Gasteiger charge is 2.44. The lowest BCUT2D eigenvalue weighted by Gasteiger charge is -2.23. The van der Waals surface area contributed by atoms with Gasteiger partial charge in [0, 0.05) is 13.0 Å². The third-order valence-corrected chi connectivity index (χ3v) is 4.51. The van der Waals surface area contributed by atoms with E-state index >= 15 is 0 Å². The number of ether oxygens (including phenoxy) is 1. The first kappa shape index (κ1) is 14.9. The van der Waals surface area contributed by atoms with Gasteiger partial charge in [-0.3, -0.25) is 4.79 Å². The van der Waals surface area contributed by atoms with Crippen LogP contribution >= 0.6 is 11.3 Å². The predicted octanol–water partition coefficient (Wildman–Crippen LogP) is 1.38. The highest BCUT2D eigenvalue weighted by Crippen LogP contribution is 2.23. The lowest BCUT2D eigenvalue weighted by molar-refractivity contribution is -0.144. The Morgan fingerprint density at radius 2 is 2.30 bits per heavy atom. The van der Waals surface area contributed by atoms with Crippen molar-refractivity contribution in [3.63, 3.8) is 0 Å². The number of hydrogen-bond acceptors (Lipinski definition) is 5. The van der Waals surface area contributed by atoms with Crippen molar-refractivity contribution in [3.8, 4) is 0 Å². The molecule has 0 bridgehead atoms. The van der Waals surface area contributed by atoms with Gasteiger partial charge in [0.15, 0.2) is 5.54 Å². The van der Waals surface area contributed by atoms with E-state index in [1.54, 1.807) is 6.92 Å². The summed E-state index contributed by atoms with van der Waals surface area (Å²) < 4.78 is 5.12. The van der Waals surface area contributed by atoms with E-state index in [9.17, 15) is 14.7 Å². The second-order valence-corrected chi connectivity index (χ2v) is 6.00. The Kier molecular flexibility index (Phi) is 4.39. The number of aryl methyl sites for hydroxylation is 2. The summed E-state index contributed by atoms with van der Waals surface area (Å²) in [4.78, 5) is 28.5. The van der Waals surface area contributed by atoms with Gasteiger partial charge in [0.25, 0.3) is 5.91 Å². The molecule has 20 heavy (non-hydrogen) atoms. The van der Waals surface area contributed by atoms with E-state index in [0.717, 1.165) is 17.8 Å². The van der Waals surface area contributed by atoms with E-state index in [0.29, 0.717) is 17.2 Å². The van der Waals surface area contributed by atoms with Gasteiger partial charge < -0.3 is 15.2 Å². The molecule has 0 aliphatic carbocycles. The fourth-order valence-electron chi connectivity index (χ4n) is 2.14. The zero-order valence-corrected chi connectivity index (χ0v) is 12.4. The van der Waals surface area contributed by atoms with Crippen molar-refractivity contribution in [2.75, 3.05) is 13.2 Å². The predicted molar refractivity (Wildman–Crippen MR) is 74.1 cm³/mol. The van der Waals surface area contributed by atoms with Crippen molar-refractivity contribution >= 4 is 23.2 Å². The first-order valence-corrected chi connectivity index (χ1v) is 7.40. The molecular formula is C13H18N2O4S. The smallest absolute Gasteiger partial charge is 0.331 e. The number of carboxylic acid groups (broad SMARTS) is 1. The largest absolute Gasteiger partial charge is 0.479 e. The number of aromatic nitrogens is 1. The van der Waals surface area contributed by atoms with Crippen molar-refractivity contribution in [2.45, 2.75) is 38.6 Å².